The minimum Gasteiger partial charge on any atom is -0.490 e. The highest BCUT2D eigenvalue weighted by molar-refractivity contribution is 5.34. The summed E-state index contributed by atoms with van der Waals surface area (Å²) >= 11 is 0. The van der Waals surface area contributed by atoms with E-state index in [9.17, 15) is 4.39 Å². The summed E-state index contributed by atoms with van der Waals surface area (Å²) in [6, 6.07) is 4.53. The fourth-order valence-electron chi connectivity index (χ4n) is 1.57. The lowest BCUT2D eigenvalue weighted by Crippen LogP contribution is -2.16. The van der Waals surface area contributed by atoms with Crippen LogP contribution in [0, 0.1) is 5.82 Å². The standard InChI is InChI=1S/C13H20FNO2/c1-10(6-8-16-2)17-13-4-3-12(14)9-11(13)5-7-15/h3-4,9-10H,5-8,15H2,1-2H3. The zero-order chi connectivity index (χ0) is 12.7. The lowest BCUT2D eigenvalue weighted by molar-refractivity contribution is 0.134. The van der Waals surface area contributed by atoms with E-state index in [0.717, 1.165) is 12.0 Å². The van der Waals surface area contributed by atoms with Gasteiger partial charge in [0.15, 0.2) is 0 Å². The van der Waals surface area contributed by atoms with Crippen LogP contribution in [0.5, 0.6) is 5.75 Å². The van der Waals surface area contributed by atoms with E-state index in [0.29, 0.717) is 25.3 Å². The zero-order valence-electron chi connectivity index (χ0n) is 10.4. The summed E-state index contributed by atoms with van der Waals surface area (Å²) in [5.41, 5.74) is 6.31. The smallest absolute Gasteiger partial charge is 0.123 e. The van der Waals surface area contributed by atoms with Crippen molar-refractivity contribution in [2.24, 2.45) is 5.73 Å². The quantitative estimate of drug-likeness (QED) is 0.795. The van der Waals surface area contributed by atoms with Crippen molar-refractivity contribution in [1.82, 2.24) is 0 Å². The predicted molar refractivity (Wildman–Crippen MR) is 65.7 cm³/mol. The molecule has 1 aromatic rings. The molecule has 0 aliphatic rings. The van der Waals surface area contributed by atoms with Crippen molar-refractivity contribution < 1.29 is 13.9 Å². The first kappa shape index (κ1) is 13.9. The molecule has 0 aliphatic carbocycles. The number of halogens is 1. The van der Waals surface area contributed by atoms with Gasteiger partial charge in [-0.05, 0) is 43.7 Å². The molecule has 0 saturated carbocycles. The summed E-state index contributed by atoms with van der Waals surface area (Å²) in [7, 11) is 1.66. The molecule has 0 heterocycles. The fraction of sp³-hybridized carbons (Fsp3) is 0.538. The molecule has 2 N–H and O–H groups in total. The Morgan fingerprint density at radius 3 is 2.82 bits per heavy atom. The van der Waals surface area contributed by atoms with Crippen molar-refractivity contribution in [2.45, 2.75) is 25.9 Å². The molecule has 0 aliphatic heterocycles. The largest absolute Gasteiger partial charge is 0.490 e. The number of benzene rings is 1. The van der Waals surface area contributed by atoms with Gasteiger partial charge in [-0.15, -0.1) is 0 Å². The summed E-state index contributed by atoms with van der Waals surface area (Å²) in [5, 5.41) is 0. The van der Waals surface area contributed by atoms with Gasteiger partial charge in [0, 0.05) is 20.1 Å². The van der Waals surface area contributed by atoms with E-state index in [1.807, 2.05) is 6.92 Å². The first-order valence-corrected chi connectivity index (χ1v) is 5.81. The average molecular weight is 241 g/mol. The number of nitrogens with two attached hydrogens (primary N) is 1. The number of hydrogen-bond acceptors (Lipinski definition) is 3. The van der Waals surface area contributed by atoms with Crippen molar-refractivity contribution in [3.8, 4) is 5.75 Å². The molecule has 0 radical (unpaired) electrons. The first-order valence-electron chi connectivity index (χ1n) is 5.81. The SMILES string of the molecule is COCCC(C)Oc1ccc(F)cc1CCN. The molecular weight excluding hydrogens is 221 g/mol. The van der Waals surface area contributed by atoms with Crippen molar-refractivity contribution in [1.29, 1.82) is 0 Å². The van der Waals surface area contributed by atoms with Gasteiger partial charge in [-0.3, -0.25) is 0 Å². The monoisotopic (exact) mass is 241 g/mol. The van der Waals surface area contributed by atoms with Crippen molar-refractivity contribution >= 4 is 0 Å². The molecule has 0 bridgehead atoms. The molecule has 1 rings (SSSR count). The minimum atomic E-state index is -0.259. The summed E-state index contributed by atoms with van der Waals surface area (Å²) < 4.78 is 23.8. The number of methoxy groups -OCH3 is 1. The number of hydrogen-bond donors (Lipinski definition) is 1. The van der Waals surface area contributed by atoms with Crippen molar-refractivity contribution in [3.63, 3.8) is 0 Å². The third kappa shape index (κ3) is 4.71. The second-order valence-electron chi connectivity index (χ2n) is 4.00. The number of rotatable bonds is 7. The van der Waals surface area contributed by atoms with Gasteiger partial charge in [0.1, 0.15) is 11.6 Å². The normalized spacial score (nSPS) is 12.5. The van der Waals surface area contributed by atoms with Crippen molar-refractivity contribution in [2.75, 3.05) is 20.3 Å². The Labute approximate surface area is 102 Å². The molecule has 0 fully saturated rings. The minimum absolute atomic E-state index is 0.0388. The van der Waals surface area contributed by atoms with Crippen LogP contribution in [0.3, 0.4) is 0 Å². The molecule has 0 aromatic heterocycles. The Morgan fingerprint density at radius 2 is 2.18 bits per heavy atom. The Hall–Kier alpha value is -1.13. The summed E-state index contributed by atoms with van der Waals surface area (Å²) in [6.45, 7) is 3.09. The molecule has 3 nitrogen and oxygen atoms in total. The van der Waals surface area contributed by atoms with Gasteiger partial charge in [0.2, 0.25) is 0 Å². The highest BCUT2D eigenvalue weighted by Gasteiger charge is 2.09. The van der Waals surface area contributed by atoms with E-state index in [4.69, 9.17) is 15.2 Å². The van der Waals surface area contributed by atoms with Crippen LogP contribution in [-0.2, 0) is 11.2 Å². The maximum absolute atomic E-state index is 13.1. The summed E-state index contributed by atoms with van der Waals surface area (Å²) in [6.07, 6.45) is 1.46. The van der Waals surface area contributed by atoms with Crippen LogP contribution in [0.15, 0.2) is 18.2 Å². The maximum Gasteiger partial charge on any atom is 0.123 e. The first-order chi connectivity index (χ1) is 8.17. The van der Waals surface area contributed by atoms with Gasteiger partial charge in [-0.1, -0.05) is 0 Å². The second kappa shape index (κ2) is 7.25. The van der Waals surface area contributed by atoms with Gasteiger partial charge in [-0.2, -0.15) is 0 Å². The molecule has 0 spiro atoms. The highest BCUT2D eigenvalue weighted by Crippen LogP contribution is 2.22. The number of ether oxygens (including phenoxy) is 2. The van der Waals surface area contributed by atoms with E-state index in [1.54, 1.807) is 13.2 Å². The van der Waals surface area contributed by atoms with Gasteiger partial charge in [-0.25, -0.2) is 4.39 Å². The topological polar surface area (TPSA) is 44.5 Å². The molecule has 96 valence electrons. The van der Waals surface area contributed by atoms with Crippen LogP contribution in [0.25, 0.3) is 0 Å². The van der Waals surface area contributed by atoms with E-state index in [-0.39, 0.29) is 11.9 Å². The highest BCUT2D eigenvalue weighted by atomic mass is 19.1. The summed E-state index contributed by atoms with van der Waals surface area (Å²) in [5.74, 6) is 0.450. The third-order valence-corrected chi connectivity index (χ3v) is 2.49. The lowest BCUT2D eigenvalue weighted by Gasteiger charge is -2.17. The lowest BCUT2D eigenvalue weighted by atomic mass is 10.1. The molecular formula is C13H20FNO2. The van der Waals surface area contributed by atoms with Gasteiger partial charge < -0.3 is 15.2 Å². The molecule has 17 heavy (non-hydrogen) atoms. The van der Waals surface area contributed by atoms with Crippen LogP contribution < -0.4 is 10.5 Å². The van der Waals surface area contributed by atoms with Crippen LogP contribution in [0.4, 0.5) is 4.39 Å². The Bertz CT molecular complexity index is 344. The van der Waals surface area contributed by atoms with Gasteiger partial charge in [0.05, 0.1) is 6.10 Å². The third-order valence-electron chi connectivity index (χ3n) is 2.49. The maximum atomic E-state index is 13.1. The van der Waals surface area contributed by atoms with E-state index in [1.165, 1.54) is 12.1 Å². The fourth-order valence-corrected chi connectivity index (χ4v) is 1.57. The molecule has 0 amide bonds. The van der Waals surface area contributed by atoms with Gasteiger partial charge >= 0.3 is 0 Å². The predicted octanol–water partition coefficient (Wildman–Crippen LogP) is 2.13. The van der Waals surface area contributed by atoms with Crippen LogP contribution in [-0.4, -0.2) is 26.4 Å². The Balaban J connectivity index is 2.68. The van der Waals surface area contributed by atoms with Crippen molar-refractivity contribution in [3.05, 3.63) is 29.6 Å². The molecule has 1 atom stereocenters. The van der Waals surface area contributed by atoms with E-state index in [2.05, 4.69) is 0 Å². The Morgan fingerprint density at radius 1 is 1.41 bits per heavy atom. The second-order valence-corrected chi connectivity index (χ2v) is 4.00. The molecule has 0 saturated heterocycles. The van der Waals surface area contributed by atoms with Gasteiger partial charge in [0.25, 0.3) is 0 Å². The molecule has 1 aromatic carbocycles. The van der Waals surface area contributed by atoms with E-state index < -0.39 is 0 Å². The van der Waals surface area contributed by atoms with E-state index >= 15 is 0 Å². The molecule has 1 unspecified atom stereocenters. The zero-order valence-corrected chi connectivity index (χ0v) is 10.4. The Kier molecular flexibility index (Phi) is 5.94. The van der Waals surface area contributed by atoms with Crippen LogP contribution >= 0.6 is 0 Å². The van der Waals surface area contributed by atoms with Crippen LogP contribution in [0.2, 0.25) is 0 Å². The average Bonchev–Trinajstić information content (AvgIpc) is 2.30. The summed E-state index contributed by atoms with van der Waals surface area (Å²) in [4.78, 5) is 0. The van der Waals surface area contributed by atoms with Crippen LogP contribution in [0.1, 0.15) is 18.9 Å². The molecule has 4 heteroatoms.